The van der Waals surface area contributed by atoms with E-state index in [-0.39, 0.29) is 36.9 Å². The van der Waals surface area contributed by atoms with Crippen molar-refractivity contribution >= 4 is 29.3 Å². The van der Waals surface area contributed by atoms with Crippen molar-refractivity contribution in [2.45, 2.75) is 18.9 Å². The van der Waals surface area contributed by atoms with Gasteiger partial charge in [0.05, 0.1) is 23.7 Å². The van der Waals surface area contributed by atoms with Gasteiger partial charge in [-0.3, -0.25) is 19.3 Å². The van der Waals surface area contributed by atoms with Crippen LogP contribution in [0.4, 0.5) is 0 Å². The van der Waals surface area contributed by atoms with Crippen LogP contribution in [0.5, 0.6) is 0 Å². The molecule has 2 rings (SSSR count). The average Bonchev–Trinajstić information content (AvgIpc) is 2.54. The smallest absolute Gasteiger partial charge is 0.253 e. The van der Waals surface area contributed by atoms with Crippen molar-refractivity contribution in [1.82, 2.24) is 15.5 Å². The quantitative estimate of drug-likeness (QED) is 0.677. The third-order valence-corrected chi connectivity index (χ3v) is 4.19. The number of nitrogens with one attached hydrogen (secondary N) is 2. The molecule has 1 aromatic rings. The number of benzene rings is 1. The summed E-state index contributed by atoms with van der Waals surface area (Å²) in [5.41, 5.74) is 5.50. The zero-order valence-electron chi connectivity index (χ0n) is 13.3. The summed E-state index contributed by atoms with van der Waals surface area (Å²) in [6.07, 6.45) is 1.49. The fraction of sp³-hybridized carbons (Fsp3) is 0.438. The molecule has 24 heavy (non-hydrogen) atoms. The van der Waals surface area contributed by atoms with Crippen LogP contribution in [-0.2, 0) is 9.59 Å². The second-order valence-electron chi connectivity index (χ2n) is 5.75. The molecule has 0 radical (unpaired) electrons. The summed E-state index contributed by atoms with van der Waals surface area (Å²) in [4.78, 5) is 36.8. The Morgan fingerprint density at radius 1 is 1.21 bits per heavy atom. The largest absolute Gasteiger partial charge is 0.369 e. The summed E-state index contributed by atoms with van der Waals surface area (Å²) >= 11 is 5.94. The van der Waals surface area contributed by atoms with Crippen LogP contribution in [0.3, 0.4) is 0 Å². The number of nitrogens with zero attached hydrogens (tertiary/aromatic N) is 1. The standard InChI is InChI=1S/C16H21ClN4O3/c17-13-4-2-1-3-12(13)16(24)19-9-15(23)20-11-5-7-21(8-6-11)10-14(18)22/h1-4,11H,5-10H2,(H2,18,22)(H,19,24)(H,20,23). The van der Waals surface area contributed by atoms with Crippen LogP contribution in [0.25, 0.3) is 0 Å². The predicted octanol–water partition coefficient (Wildman–Crippen LogP) is 0.136. The lowest BCUT2D eigenvalue weighted by molar-refractivity contribution is -0.122. The normalized spacial score (nSPS) is 15.7. The molecule has 0 aromatic heterocycles. The summed E-state index contributed by atoms with van der Waals surface area (Å²) in [5.74, 6) is -0.976. The Balaban J connectivity index is 1.71. The van der Waals surface area contributed by atoms with Crippen molar-refractivity contribution < 1.29 is 14.4 Å². The maximum Gasteiger partial charge on any atom is 0.253 e. The Labute approximate surface area is 145 Å². The highest BCUT2D eigenvalue weighted by Crippen LogP contribution is 2.14. The predicted molar refractivity (Wildman–Crippen MR) is 90.6 cm³/mol. The van der Waals surface area contributed by atoms with Gasteiger partial charge in [0.2, 0.25) is 11.8 Å². The maximum absolute atomic E-state index is 12.0. The number of hydrogen-bond acceptors (Lipinski definition) is 4. The molecular formula is C16H21ClN4O3. The number of hydrogen-bond donors (Lipinski definition) is 3. The number of halogens is 1. The SMILES string of the molecule is NC(=O)CN1CCC(NC(=O)CNC(=O)c2ccccc2Cl)CC1. The molecule has 0 atom stereocenters. The zero-order chi connectivity index (χ0) is 17.5. The maximum atomic E-state index is 12.0. The fourth-order valence-corrected chi connectivity index (χ4v) is 2.86. The number of primary amides is 1. The third kappa shape index (κ3) is 5.50. The van der Waals surface area contributed by atoms with Gasteiger partial charge < -0.3 is 16.4 Å². The molecule has 130 valence electrons. The number of nitrogens with two attached hydrogens (primary N) is 1. The molecule has 0 spiro atoms. The van der Waals surface area contributed by atoms with Gasteiger partial charge in [-0.2, -0.15) is 0 Å². The number of likely N-dealkylation sites (tertiary alicyclic amines) is 1. The van der Waals surface area contributed by atoms with Gasteiger partial charge in [-0.25, -0.2) is 0 Å². The molecule has 1 aliphatic heterocycles. The molecule has 0 saturated carbocycles. The van der Waals surface area contributed by atoms with E-state index in [4.69, 9.17) is 17.3 Å². The van der Waals surface area contributed by atoms with Crippen molar-refractivity contribution in [2.75, 3.05) is 26.2 Å². The third-order valence-electron chi connectivity index (χ3n) is 3.86. The minimum atomic E-state index is -0.382. The highest BCUT2D eigenvalue weighted by atomic mass is 35.5. The van der Waals surface area contributed by atoms with E-state index in [1.54, 1.807) is 24.3 Å². The summed E-state index contributed by atoms with van der Waals surface area (Å²) in [6, 6.07) is 6.70. The van der Waals surface area contributed by atoms with Gasteiger partial charge in [-0.15, -0.1) is 0 Å². The van der Waals surface area contributed by atoms with Gasteiger partial charge in [0.15, 0.2) is 0 Å². The van der Waals surface area contributed by atoms with Gasteiger partial charge in [0, 0.05) is 19.1 Å². The molecule has 0 unspecified atom stereocenters. The number of rotatable bonds is 6. The van der Waals surface area contributed by atoms with E-state index in [9.17, 15) is 14.4 Å². The lowest BCUT2D eigenvalue weighted by Crippen LogP contribution is -2.48. The van der Waals surface area contributed by atoms with Gasteiger partial charge in [0.25, 0.3) is 5.91 Å². The van der Waals surface area contributed by atoms with Crippen LogP contribution in [0.2, 0.25) is 5.02 Å². The Hall–Kier alpha value is -2.12. The fourth-order valence-electron chi connectivity index (χ4n) is 2.64. The molecule has 1 aromatic carbocycles. The van der Waals surface area contributed by atoms with Crippen molar-refractivity contribution in [1.29, 1.82) is 0 Å². The van der Waals surface area contributed by atoms with Crippen molar-refractivity contribution in [3.8, 4) is 0 Å². The van der Waals surface area contributed by atoms with Crippen LogP contribution >= 0.6 is 11.6 Å². The second kappa shape index (κ2) is 8.65. The molecule has 1 heterocycles. The van der Waals surface area contributed by atoms with E-state index < -0.39 is 0 Å². The molecule has 3 amide bonds. The van der Waals surface area contributed by atoms with Crippen LogP contribution in [0, 0.1) is 0 Å². The van der Waals surface area contributed by atoms with Crippen LogP contribution in [0.1, 0.15) is 23.2 Å². The van der Waals surface area contributed by atoms with Crippen LogP contribution in [-0.4, -0.2) is 54.8 Å². The molecule has 1 saturated heterocycles. The molecule has 1 fully saturated rings. The van der Waals surface area contributed by atoms with Crippen molar-refractivity contribution in [3.63, 3.8) is 0 Å². The second-order valence-corrected chi connectivity index (χ2v) is 6.15. The number of piperidine rings is 1. The van der Waals surface area contributed by atoms with E-state index in [1.165, 1.54) is 0 Å². The first kappa shape index (κ1) is 18.2. The Kier molecular flexibility index (Phi) is 6.57. The minimum Gasteiger partial charge on any atom is -0.369 e. The monoisotopic (exact) mass is 352 g/mol. The number of carbonyl (C=O) groups is 3. The van der Waals surface area contributed by atoms with E-state index in [0.717, 1.165) is 12.8 Å². The van der Waals surface area contributed by atoms with E-state index in [2.05, 4.69) is 10.6 Å². The molecule has 1 aliphatic rings. The van der Waals surface area contributed by atoms with Crippen molar-refractivity contribution in [3.05, 3.63) is 34.9 Å². The Morgan fingerprint density at radius 3 is 2.50 bits per heavy atom. The van der Waals surface area contributed by atoms with Gasteiger partial charge in [-0.1, -0.05) is 23.7 Å². The first-order valence-electron chi connectivity index (χ1n) is 7.78. The molecule has 0 aliphatic carbocycles. The summed E-state index contributed by atoms with van der Waals surface area (Å²) in [6.45, 7) is 1.56. The summed E-state index contributed by atoms with van der Waals surface area (Å²) in [5, 5.41) is 5.79. The summed E-state index contributed by atoms with van der Waals surface area (Å²) in [7, 11) is 0. The molecule has 0 bridgehead atoms. The number of carbonyl (C=O) groups excluding carboxylic acids is 3. The first-order valence-corrected chi connectivity index (χ1v) is 8.16. The van der Waals surface area contributed by atoms with E-state index in [0.29, 0.717) is 23.7 Å². The average molecular weight is 353 g/mol. The zero-order valence-corrected chi connectivity index (χ0v) is 14.0. The first-order chi connectivity index (χ1) is 11.5. The number of amides is 3. The lowest BCUT2D eigenvalue weighted by atomic mass is 10.1. The molecule has 8 heteroatoms. The molecule has 7 nitrogen and oxygen atoms in total. The molecule has 4 N–H and O–H groups in total. The lowest BCUT2D eigenvalue weighted by Gasteiger charge is -2.31. The topological polar surface area (TPSA) is 105 Å². The van der Waals surface area contributed by atoms with E-state index in [1.807, 2.05) is 4.90 Å². The molecular weight excluding hydrogens is 332 g/mol. The van der Waals surface area contributed by atoms with E-state index >= 15 is 0 Å². The van der Waals surface area contributed by atoms with Gasteiger partial charge >= 0.3 is 0 Å². The van der Waals surface area contributed by atoms with Crippen LogP contribution in [0.15, 0.2) is 24.3 Å². The summed E-state index contributed by atoms with van der Waals surface area (Å²) < 4.78 is 0. The highest BCUT2D eigenvalue weighted by Gasteiger charge is 2.21. The van der Waals surface area contributed by atoms with Crippen molar-refractivity contribution in [2.24, 2.45) is 5.73 Å². The highest BCUT2D eigenvalue weighted by molar-refractivity contribution is 6.33. The Morgan fingerprint density at radius 2 is 1.88 bits per heavy atom. The Bertz CT molecular complexity index is 615. The van der Waals surface area contributed by atoms with Crippen LogP contribution < -0.4 is 16.4 Å². The minimum absolute atomic E-state index is 0.0406. The van der Waals surface area contributed by atoms with Gasteiger partial charge in [-0.05, 0) is 25.0 Å². The van der Waals surface area contributed by atoms with Gasteiger partial charge in [0.1, 0.15) is 0 Å².